The zero-order chi connectivity index (χ0) is 47.4. The van der Waals surface area contributed by atoms with Crippen molar-refractivity contribution in [2.75, 3.05) is 4.90 Å². The molecule has 334 valence electrons. The fourth-order valence-corrected chi connectivity index (χ4v) is 11.2. The van der Waals surface area contributed by atoms with Crippen LogP contribution in [0.25, 0.3) is 109 Å². The van der Waals surface area contributed by atoms with Crippen molar-refractivity contribution < 1.29 is 0 Å². The fourth-order valence-electron chi connectivity index (χ4n) is 11.2. The van der Waals surface area contributed by atoms with Gasteiger partial charge in [0.25, 0.3) is 0 Å². The molecule has 0 aliphatic carbocycles. The van der Waals surface area contributed by atoms with Crippen LogP contribution in [-0.4, -0.2) is 0 Å². The van der Waals surface area contributed by atoms with E-state index in [-0.39, 0.29) is 0 Å². The molecule has 1 nitrogen and oxygen atoms in total. The minimum Gasteiger partial charge on any atom is -0.310 e. The molecule has 71 heavy (non-hydrogen) atoms. The Morgan fingerprint density at radius 3 is 1.00 bits per heavy atom. The molecule has 0 amide bonds. The van der Waals surface area contributed by atoms with E-state index in [1.54, 1.807) is 0 Å². The highest BCUT2D eigenvalue weighted by Gasteiger charge is 2.22. The molecule has 0 saturated carbocycles. The Kier molecular flexibility index (Phi) is 10.4. The van der Waals surface area contributed by atoms with Crippen molar-refractivity contribution in [3.63, 3.8) is 0 Å². The average molecular weight is 904 g/mol. The lowest BCUT2D eigenvalue weighted by Crippen LogP contribution is -2.13. The van der Waals surface area contributed by atoms with Crippen LogP contribution in [0, 0.1) is 13.8 Å². The van der Waals surface area contributed by atoms with Gasteiger partial charge in [0.15, 0.2) is 0 Å². The van der Waals surface area contributed by atoms with Crippen LogP contribution >= 0.6 is 0 Å². The number of hydrogen-bond acceptors (Lipinski definition) is 1. The van der Waals surface area contributed by atoms with E-state index in [0.717, 1.165) is 17.1 Å². The smallest absolute Gasteiger partial charge is 0.0497 e. The molecule has 0 aliphatic heterocycles. The number of anilines is 3. The first-order valence-electron chi connectivity index (χ1n) is 24.7. The van der Waals surface area contributed by atoms with Crippen LogP contribution in [0.4, 0.5) is 17.1 Å². The number of aryl methyl sites for hydroxylation is 2. The third kappa shape index (κ3) is 7.34. The maximum atomic E-state index is 2.51. The van der Waals surface area contributed by atoms with Crippen LogP contribution in [0.2, 0.25) is 0 Å². The van der Waals surface area contributed by atoms with Crippen molar-refractivity contribution >= 4 is 70.9 Å². The van der Waals surface area contributed by atoms with Crippen LogP contribution in [0.5, 0.6) is 0 Å². The second-order valence-corrected chi connectivity index (χ2v) is 18.9. The summed E-state index contributed by atoms with van der Waals surface area (Å²) in [5.41, 5.74) is 17.9. The molecular weight excluding hydrogens is 855 g/mol. The molecule has 0 heterocycles. The van der Waals surface area contributed by atoms with Crippen LogP contribution in [0.1, 0.15) is 11.1 Å². The molecule has 0 atom stereocenters. The van der Waals surface area contributed by atoms with Gasteiger partial charge < -0.3 is 4.90 Å². The van der Waals surface area contributed by atoms with Crippen molar-refractivity contribution in [1.29, 1.82) is 0 Å². The second-order valence-electron chi connectivity index (χ2n) is 18.9. The quantitative estimate of drug-likeness (QED) is 0.147. The van der Waals surface area contributed by atoms with Gasteiger partial charge in [-0.1, -0.05) is 237 Å². The summed E-state index contributed by atoms with van der Waals surface area (Å²) in [5.74, 6) is 0. The van der Waals surface area contributed by atoms with Crippen molar-refractivity contribution in [3.05, 3.63) is 272 Å². The molecule has 0 unspecified atom stereocenters. The van der Waals surface area contributed by atoms with Gasteiger partial charge in [-0.15, -0.1) is 0 Å². The number of fused-ring (bicyclic) bond motifs is 5. The van der Waals surface area contributed by atoms with E-state index in [1.165, 1.54) is 121 Å². The lowest BCUT2D eigenvalue weighted by Gasteiger charge is -2.30. The van der Waals surface area contributed by atoms with Gasteiger partial charge in [-0.2, -0.15) is 0 Å². The van der Waals surface area contributed by atoms with E-state index >= 15 is 0 Å². The first kappa shape index (κ1) is 42.1. The van der Waals surface area contributed by atoms with Gasteiger partial charge in [-0.3, -0.25) is 0 Å². The Hall–Kier alpha value is -9.04. The summed E-state index contributed by atoms with van der Waals surface area (Å²) in [7, 11) is 0. The molecule has 0 N–H and O–H groups in total. The van der Waals surface area contributed by atoms with Gasteiger partial charge in [0.2, 0.25) is 0 Å². The first-order valence-corrected chi connectivity index (χ1v) is 24.7. The van der Waals surface area contributed by atoms with E-state index < -0.39 is 0 Å². The molecule has 13 aromatic carbocycles. The standard InChI is InChI=1S/C70H49N/c1-46-35-37-52(59-39-41-67(65-30-11-9-28-61(59)65)63-33-15-21-49-18-4-7-26-56(49)63)44-69(46)71(54-24-13-23-51(43-54)58-32-14-20-48-17-3-6-25-55(48)58)70-45-53(38-36-47(70)2)60-40-42-68(66-31-12-10-29-62(60)66)64-34-16-22-50-19-5-8-27-57(50)64/h3-45H,1-2H3. The lowest BCUT2D eigenvalue weighted by atomic mass is 9.89. The van der Waals surface area contributed by atoms with Crippen molar-refractivity contribution in [1.82, 2.24) is 0 Å². The summed E-state index contributed by atoms with van der Waals surface area (Å²) in [6, 6.07) is 96.3. The normalized spacial score (nSPS) is 11.5. The van der Waals surface area contributed by atoms with E-state index in [9.17, 15) is 0 Å². The Balaban J connectivity index is 1.00. The largest absolute Gasteiger partial charge is 0.310 e. The lowest BCUT2D eigenvalue weighted by molar-refractivity contribution is 1.23. The molecule has 0 bridgehead atoms. The van der Waals surface area contributed by atoms with Crippen molar-refractivity contribution in [2.45, 2.75) is 13.8 Å². The molecule has 0 aromatic heterocycles. The first-order chi connectivity index (χ1) is 35.1. The Labute approximate surface area is 415 Å². The van der Waals surface area contributed by atoms with Gasteiger partial charge >= 0.3 is 0 Å². The van der Waals surface area contributed by atoms with Gasteiger partial charge in [0.1, 0.15) is 0 Å². The minimum atomic E-state index is 1.10. The molecule has 13 rings (SSSR count). The highest BCUT2D eigenvalue weighted by Crippen LogP contribution is 2.46. The van der Waals surface area contributed by atoms with Crippen LogP contribution in [0.15, 0.2) is 261 Å². The molecule has 1 heteroatoms. The maximum Gasteiger partial charge on any atom is 0.0497 e. The molecule has 0 radical (unpaired) electrons. The van der Waals surface area contributed by atoms with Gasteiger partial charge in [0.05, 0.1) is 0 Å². The van der Waals surface area contributed by atoms with Crippen molar-refractivity contribution in [3.8, 4) is 55.6 Å². The zero-order valence-corrected chi connectivity index (χ0v) is 39.8. The summed E-state index contributed by atoms with van der Waals surface area (Å²) >= 11 is 0. The molecule has 0 fully saturated rings. The molecule has 0 spiro atoms. The van der Waals surface area contributed by atoms with E-state index in [0.29, 0.717) is 0 Å². The second kappa shape index (κ2) is 17.5. The predicted octanol–water partition coefficient (Wildman–Crippen LogP) is 19.9. The molecule has 13 aromatic rings. The highest BCUT2D eigenvalue weighted by atomic mass is 15.1. The molecule has 0 aliphatic rings. The molecule has 0 saturated heterocycles. The Bertz CT molecular complexity index is 3990. The fraction of sp³-hybridized carbons (Fsp3) is 0.0286. The van der Waals surface area contributed by atoms with E-state index in [4.69, 9.17) is 0 Å². The number of rotatable bonds is 8. The van der Waals surface area contributed by atoms with Crippen LogP contribution < -0.4 is 4.90 Å². The van der Waals surface area contributed by atoms with Crippen LogP contribution in [-0.2, 0) is 0 Å². The van der Waals surface area contributed by atoms with Crippen molar-refractivity contribution in [2.24, 2.45) is 0 Å². The number of benzene rings is 13. The maximum absolute atomic E-state index is 2.51. The number of hydrogen-bond donors (Lipinski definition) is 0. The third-order valence-corrected chi connectivity index (χ3v) is 14.7. The zero-order valence-electron chi connectivity index (χ0n) is 39.8. The summed E-state index contributed by atoms with van der Waals surface area (Å²) < 4.78 is 0. The highest BCUT2D eigenvalue weighted by molar-refractivity contribution is 6.12. The summed E-state index contributed by atoms with van der Waals surface area (Å²) in [6.45, 7) is 4.50. The third-order valence-electron chi connectivity index (χ3n) is 14.7. The van der Waals surface area contributed by atoms with Crippen LogP contribution in [0.3, 0.4) is 0 Å². The summed E-state index contributed by atoms with van der Waals surface area (Å²) in [5, 5.41) is 12.4. The predicted molar refractivity (Wildman–Crippen MR) is 305 cm³/mol. The Morgan fingerprint density at radius 2 is 0.535 bits per heavy atom. The van der Waals surface area contributed by atoms with Gasteiger partial charge in [-0.05, 0) is 159 Å². The monoisotopic (exact) mass is 903 g/mol. The van der Waals surface area contributed by atoms with E-state index in [1.807, 2.05) is 0 Å². The van der Waals surface area contributed by atoms with E-state index in [2.05, 4.69) is 280 Å². The minimum absolute atomic E-state index is 1.10. The summed E-state index contributed by atoms with van der Waals surface area (Å²) in [4.78, 5) is 2.51. The molecular formula is C70H49N. The van der Waals surface area contributed by atoms with Gasteiger partial charge in [-0.25, -0.2) is 0 Å². The number of nitrogens with zero attached hydrogens (tertiary/aromatic N) is 1. The average Bonchev–Trinajstić information content (AvgIpc) is 3.43. The SMILES string of the molecule is Cc1ccc(-c2ccc(-c3cccc4ccccc34)c3ccccc23)cc1N(c1cccc(-c2cccc3ccccc23)c1)c1cc(-c2ccc(-c3cccc4ccccc34)c3ccccc23)ccc1C. The summed E-state index contributed by atoms with van der Waals surface area (Å²) in [6.07, 6.45) is 0. The Morgan fingerprint density at radius 1 is 0.225 bits per heavy atom. The van der Waals surface area contributed by atoms with Gasteiger partial charge in [0, 0.05) is 17.1 Å². The topological polar surface area (TPSA) is 3.24 Å².